The van der Waals surface area contributed by atoms with E-state index in [1.165, 1.54) is 13.0 Å². The molecule has 1 aromatic rings. The predicted octanol–water partition coefficient (Wildman–Crippen LogP) is 2.39. The molecular formula is C11H8F3NO3. The number of benzene rings is 1. The molecule has 1 rings (SSSR count). The van der Waals surface area contributed by atoms with E-state index in [4.69, 9.17) is 10.4 Å². The van der Waals surface area contributed by atoms with Gasteiger partial charge in [-0.2, -0.15) is 5.26 Å². The van der Waals surface area contributed by atoms with E-state index in [9.17, 15) is 18.0 Å². The summed E-state index contributed by atoms with van der Waals surface area (Å²) in [6.07, 6.45) is -5.54. The molecule has 0 spiro atoms. The molecule has 1 aromatic carbocycles. The first-order valence-electron chi connectivity index (χ1n) is 4.74. The molecule has 0 saturated heterocycles. The fourth-order valence-electron chi connectivity index (χ4n) is 1.44. The monoisotopic (exact) mass is 259 g/mol. The van der Waals surface area contributed by atoms with Gasteiger partial charge in [-0.15, -0.1) is 13.2 Å². The number of aliphatic carboxylic acids is 1. The van der Waals surface area contributed by atoms with Gasteiger partial charge in [0.25, 0.3) is 0 Å². The first-order chi connectivity index (χ1) is 8.23. The summed E-state index contributed by atoms with van der Waals surface area (Å²) in [6.45, 7) is 1.42. The molecule has 0 fully saturated rings. The lowest BCUT2D eigenvalue weighted by atomic mass is 10.0. The number of nitrogens with zero attached hydrogens (tertiary/aromatic N) is 1. The number of hydrogen-bond acceptors (Lipinski definition) is 3. The van der Waals surface area contributed by atoms with Crippen molar-refractivity contribution in [3.05, 3.63) is 28.8 Å². The summed E-state index contributed by atoms with van der Waals surface area (Å²) in [7, 11) is 0. The van der Waals surface area contributed by atoms with Gasteiger partial charge >= 0.3 is 12.3 Å². The maximum absolute atomic E-state index is 12.2. The van der Waals surface area contributed by atoms with E-state index in [-0.39, 0.29) is 16.7 Å². The van der Waals surface area contributed by atoms with Crippen molar-refractivity contribution in [1.29, 1.82) is 5.26 Å². The summed E-state index contributed by atoms with van der Waals surface area (Å²) in [4.78, 5) is 10.6. The number of hydrogen-bond donors (Lipinski definition) is 1. The SMILES string of the molecule is Cc1cc(C#N)cc(OC(F)(F)F)c1CC(=O)O. The van der Waals surface area contributed by atoms with Gasteiger partial charge in [0.1, 0.15) is 5.75 Å². The van der Waals surface area contributed by atoms with Crippen molar-refractivity contribution < 1.29 is 27.8 Å². The van der Waals surface area contributed by atoms with Crippen molar-refractivity contribution in [1.82, 2.24) is 0 Å². The fraction of sp³-hybridized carbons (Fsp3) is 0.273. The number of halogens is 3. The van der Waals surface area contributed by atoms with Gasteiger partial charge in [0.2, 0.25) is 0 Å². The molecule has 0 aromatic heterocycles. The third-order valence-corrected chi connectivity index (χ3v) is 2.11. The first kappa shape index (κ1) is 13.8. The molecule has 0 aliphatic heterocycles. The summed E-state index contributed by atoms with van der Waals surface area (Å²) < 4.78 is 40.3. The van der Waals surface area contributed by atoms with Crippen molar-refractivity contribution in [2.45, 2.75) is 19.7 Å². The smallest absolute Gasteiger partial charge is 0.481 e. The first-order valence-corrected chi connectivity index (χ1v) is 4.74. The second-order valence-electron chi connectivity index (χ2n) is 3.50. The molecule has 0 amide bonds. The number of alkyl halides is 3. The second kappa shape index (κ2) is 4.96. The van der Waals surface area contributed by atoms with Crippen LogP contribution in [-0.2, 0) is 11.2 Å². The molecular weight excluding hydrogens is 251 g/mol. The highest BCUT2D eigenvalue weighted by molar-refractivity contribution is 5.72. The van der Waals surface area contributed by atoms with Crippen molar-refractivity contribution in [3.63, 3.8) is 0 Å². The molecule has 0 unspecified atom stereocenters. The summed E-state index contributed by atoms with van der Waals surface area (Å²) in [5, 5.41) is 17.3. The van der Waals surface area contributed by atoms with Crippen LogP contribution in [0.3, 0.4) is 0 Å². The number of ether oxygens (including phenoxy) is 1. The lowest BCUT2D eigenvalue weighted by Gasteiger charge is -2.14. The molecule has 0 aliphatic rings. The van der Waals surface area contributed by atoms with Gasteiger partial charge in [0, 0.05) is 5.56 Å². The molecule has 1 N–H and O–H groups in total. The minimum atomic E-state index is -4.94. The van der Waals surface area contributed by atoms with Crippen LogP contribution in [0.4, 0.5) is 13.2 Å². The van der Waals surface area contributed by atoms with E-state index in [0.717, 1.165) is 6.07 Å². The standard InChI is InChI=1S/C11H8F3NO3/c1-6-2-7(5-15)3-9(18-11(12,13)14)8(6)4-10(16)17/h2-3H,4H2,1H3,(H,16,17). The van der Waals surface area contributed by atoms with E-state index in [0.29, 0.717) is 0 Å². The van der Waals surface area contributed by atoms with Crippen molar-refractivity contribution in [2.24, 2.45) is 0 Å². The normalized spacial score (nSPS) is 10.8. The van der Waals surface area contributed by atoms with Crippen LogP contribution in [0.1, 0.15) is 16.7 Å². The molecule has 0 aliphatic carbocycles. The Morgan fingerprint density at radius 1 is 1.50 bits per heavy atom. The van der Waals surface area contributed by atoms with Gasteiger partial charge in [-0.05, 0) is 24.6 Å². The molecule has 7 heteroatoms. The van der Waals surface area contributed by atoms with Crippen LogP contribution in [0.5, 0.6) is 5.75 Å². The zero-order chi connectivity index (χ0) is 13.9. The molecule has 96 valence electrons. The van der Waals surface area contributed by atoms with Crippen LogP contribution < -0.4 is 4.74 Å². The van der Waals surface area contributed by atoms with E-state index in [2.05, 4.69) is 4.74 Å². The highest BCUT2D eigenvalue weighted by atomic mass is 19.4. The van der Waals surface area contributed by atoms with Gasteiger partial charge in [0.15, 0.2) is 0 Å². The van der Waals surface area contributed by atoms with Crippen molar-refractivity contribution in [3.8, 4) is 11.8 Å². The minimum absolute atomic E-state index is 0.0270. The predicted molar refractivity (Wildman–Crippen MR) is 53.9 cm³/mol. The molecule has 0 heterocycles. The maximum Gasteiger partial charge on any atom is 0.573 e. The minimum Gasteiger partial charge on any atom is -0.481 e. The van der Waals surface area contributed by atoms with E-state index in [1.54, 1.807) is 6.07 Å². The lowest BCUT2D eigenvalue weighted by molar-refractivity contribution is -0.275. The number of carboxylic acids is 1. The lowest BCUT2D eigenvalue weighted by Crippen LogP contribution is -2.19. The molecule has 0 radical (unpaired) electrons. The Hall–Kier alpha value is -2.23. The van der Waals surface area contributed by atoms with E-state index >= 15 is 0 Å². The van der Waals surface area contributed by atoms with Gasteiger partial charge in [-0.3, -0.25) is 4.79 Å². The van der Waals surface area contributed by atoms with Gasteiger partial charge in [-0.25, -0.2) is 0 Å². The zero-order valence-corrected chi connectivity index (χ0v) is 9.21. The van der Waals surface area contributed by atoms with Crippen LogP contribution in [0.25, 0.3) is 0 Å². The van der Waals surface area contributed by atoms with E-state index in [1.807, 2.05) is 0 Å². The average Bonchev–Trinajstić information content (AvgIpc) is 2.20. The largest absolute Gasteiger partial charge is 0.573 e. The molecule has 0 bridgehead atoms. The molecule has 0 atom stereocenters. The molecule has 4 nitrogen and oxygen atoms in total. The Morgan fingerprint density at radius 3 is 2.56 bits per heavy atom. The summed E-state index contributed by atoms with van der Waals surface area (Å²) >= 11 is 0. The number of rotatable bonds is 3. The summed E-state index contributed by atoms with van der Waals surface area (Å²) in [6, 6.07) is 3.86. The van der Waals surface area contributed by atoms with Gasteiger partial charge in [0.05, 0.1) is 18.1 Å². The van der Waals surface area contributed by atoms with Gasteiger partial charge < -0.3 is 9.84 Å². The van der Waals surface area contributed by atoms with Crippen LogP contribution >= 0.6 is 0 Å². The third kappa shape index (κ3) is 3.66. The number of nitriles is 1. The Bertz CT molecular complexity index is 517. The Balaban J connectivity index is 3.30. The number of aryl methyl sites for hydroxylation is 1. The molecule has 18 heavy (non-hydrogen) atoms. The average molecular weight is 259 g/mol. The van der Waals surface area contributed by atoms with Gasteiger partial charge in [-0.1, -0.05) is 0 Å². The van der Waals surface area contributed by atoms with Crippen molar-refractivity contribution >= 4 is 5.97 Å². The summed E-state index contributed by atoms with van der Waals surface area (Å²) in [5.41, 5.74) is 0.135. The van der Waals surface area contributed by atoms with Crippen LogP contribution in [0, 0.1) is 18.3 Å². The highest BCUT2D eigenvalue weighted by Gasteiger charge is 2.32. The quantitative estimate of drug-likeness (QED) is 0.904. The topological polar surface area (TPSA) is 70.3 Å². The van der Waals surface area contributed by atoms with Crippen LogP contribution in [-0.4, -0.2) is 17.4 Å². The molecule has 0 saturated carbocycles. The zero-order valence-electron chi connectivity index (χ0n) is 9.21. The maximum atomic E-state index is 12.2. The summed E-state index contributed by atoms with van der Waals surface area (Å²) in [5.74, 6) is -1.93. The van der Waals surface area contributed by atoms with Crippen LogP contribution in [0.2, 0.25) is 0 Å². The Kier molecular flexibility index (Phi) is 3.81. The Labute approximate surface area is 100 Å². The fourth-order valence-corrected chi connectivity index (χ4v) is 1.44. The Morgan fingerprint density at radius 2 is 2.11 bits per heavy atom. The number of carbonyl (C=O) groups is 1. The van der Waals surface area contributed by atoms with E-state index < -0.39 is 24.5 Å². The van der Waals surface area contributed by atoms with Crippen molar-refractivity contribution in [2.75, 3.05) is 0 Å². The van der Waals surface area contributed by atoms with Crippen LogP contribution in [0.15, 0.2) is 12.1 Å². The second-order valence-corrected chi connectivity index (χ2v) is 3.50. The number of carboxylic acid groups (broad SMARTS) is 1. The third-order valence-electron chi connectivity index (χ3n) is 2.11. The highest BCUT2D eigenvalue weighted by Crippen LogP contribution is 2.30.